The first-order chi connectivity index (χ1) is 27.6. The van der Waals surface area contributed by atoms with Crippen LogP contribution < -0.4 is 5.73 Å². The predicted molar refractivity (Wildman–Crippen MR) is 231 cm³/mol. The molecule has 3 atom stereocenters. The Hall–Kier alpha value is -2.04. The zero-order valence-electron chi connectivity index (χ0n) is 36.2. The lowest BCUT2D eigenvalue weighted by molar-refractivity contribution is -0.161. The lowest BCUT2D eigenvalue weighted by Crippen LogP contribution is -2.34. The Balaban J connectivity index is 4.29. The average Bonchev–Trinajstić information content (AvgIpc) is 3.19. The summed E-state index contributed by atoms with van der Waals surface area (Å²) in [6, 6.07) is -1.52. The SMILES string of the molecule is CCCCC/C=C\C/C=C\CCCCCCCCCCCC(=O)OC[C@H](COP(=O)(O)OC[C@H](N)C(=O)O)OC(=O)CCCCCCCCCCCCCCCC. The number of unbranched alkanes of at least 4 members (excludes halogenated alkanes) is 25. The van der Waals surface area contributed by atoms with Crippen LogP contribution in [-0.2, 0) is 37.5 Å². The zero-order chi connectivity index (χ0) is 42.1. The van der Waals surface area contributed by atoms with E-state index in [1.165, 1.54) is 122 Å². The summed E-state index contributed by atoms with van der Waals surface area (Å²) < 4.78 is 32.7. The third-order valence-corrected chi connectivity index (χ3v) is 10.9. The molecular formula is C45H84NO10P. The van der Waals surface area contributed by atoms with E-state index >= 15 is 0 Å². The summed E-state index contributed by atoms with van der Waals surface area (Å²) in [7, 11) is -4.71. The molecule has 0 amide bonds. The number of esters is 2. The maximum Gasteiger partial charge on any atom is 0.472 e. The van der Waals surface area contributed by atoms with Crippen molar-refractivity contribution in [3.05, 3.63) is 24.3 Å². The molecule has 0 heterocycles. The summed E-state index contributed by atoms with van der Waals surface area (Å²) in [5.41, 5.74) is 5.34. The van der Waals surface area contributed by atoms with Crippen molar-refractivity contribution in [1.82, 2.24) is 0 Å². The van der Waals surface area contributed by atoms with Gasteiger partial charge in [0.05, 0.1) is 13.2 Å². The van der Waals surface area contributed by atoms with E-state index in [0.717, 1.165) is 51.4 Å². The molecule has 0 saturated carbocycles. The second kappa shape index (κ2) is 40.7. The molecule has 4 N–H and O–H groups in total. The first-order valence-corrected chi connectivity index (χ1v) is 24.4. The highest BCUT2D eigenvalue weighted by molar-refractivity contribution is 7.47. The molecule has 0 rings (SSSR count). The van der Waals surface area contributed by atoms with Crippen molar-refractivity contribution >= 4 is 25.7 Å². The number of carbonyl (C=O) groups excluding carboxylic acids is 2. The van der Waals surface area contributed by atoms with Gasteiger partial charge in [-0.3, -0.25) is 23.4 Å². The Morgan fingerprint density at radius 2 is 0.930 bits per heavy atom. The highest BCUT2D eigenvalue weighted by Gasteiger charge is 2.28. The first-order valence-electron chi connectivity index (χ1n) is 22.9. The molecule has 334 valence electrons. The second-order valence-electron chi connectivity index (χ2n) is 15.5. The van der Waals surface area contributed by atoms with Crippen molar-refractivity contribution in [2.75, 3.05) is 19.8 Å². The van der Waals surface area contributed by atoms with Crippen molar-refractivity contribution in [3.8, 4) is 0 Å². The summed E-state index contributed by atoms with van der Waals surface area (Å²) in [4.78, 5) is 46.0. The number of hydrogen-bond acceptors (Lipinski definition) is 9. The van der Waals surface area contributed by atoms with Gasteiger partial charge < -0.3 is 25.2 Å². The molecule has 0 radical (unpaired) electrons. The lowest BCUT2D eigenvalue weighted by Gasteiger charge is -2.20. The van der Waals surface area contributed by atoms with E-state index in [-0.39, 0.29) is 19.4 Å². The van der Waals surface area contributed by atoms with Crippen LogP contribution in [0.1, 0.15) is 213 Å². The normalized spacial score (nSPS) is 13.9. The van der Waals surface area contributed by atoms with E-state index in [1.807, 2.05) is 0 Å². The van der Waals surface area contributed by atoms with E-state index in [0.29, 0.717) is 12.8 Å². The molecule has 0 fully saturated rings. The molecule has 11 nitrogen and oxygen atoms in total. The van der Waals surface area contributed by atoms with Crippen molar-refractivity contribution in [2.24, 2.45) is 5.73 Å². The number of rotatable bonds is 43. The van der Waals surface area contributed by atoms with Crippen LogP contribution in [0.3, 0.4) is 0 Å². The monoisotopic (exact) mass is 830 g/mol. The molecule has 0 bridgehead atoms. The van der Waals surface area contributed by atoms with Gasteiger partial charge in [0, 0.05) is 12.8 Å². The fourth-order valence-electron chi connectivity index (χ4n) is 6.33. The number of ether oxygens (including phenoxy) is 2. The number of carboxylic acids is 1. The Morgan fingerprint density at radius 1 is 0.544 bits per heavy atom. The van der Waals surface area contributed by atoms with Gasteiger partial charge in [-0.1, -0.05) is 179 Å². The number of allylic oxidation sites excluding steroid dienone is 4. The standard InChI is InChI=1S/C45H84NO10P/c1-3-5-7-9-11-13-15-17-19-20-21-22-23-25-26-28-30-32-34-36-43(47)53-38-41(39-54-57(51,52)55-40-42(46)45(49)50)56-44(48)37-35-33-31-29-27-24-18-16-14-12-10-8-6-4-2/h11,13,17,19,41-42H,3-10,12,14-16,18,20-40,46H2,1-2H3,(H,49,50)(H,51,52)/b13-11-,19-17-/t41-,42+/m1/s1. The minimum atomic E-state index is -4.71. The van der Waals surface area contributed by atoms with Gasteiger partial charge in [0.2, 0.25) is 0 Å². The zero-order valence-corrected chi connectivity index (χ0v) is 37.1. The van der Waals surface area contributed by atoms with E-state index in [1.54, 1.807) is 0 Å². The van der Waals surface area contributed by atoms with E-state index in [2.05, 4.69) is 42.7 Å². The summed E-state index contributed by atoms with van der Waals surface area (Å²) in [5.74, 6) is -2.37. The van der Waals surface area contributed by atoms with Crippen molar-refractivity contribution in [2.45, 2.75) is 225 Å². The van der Waals surface area contributed by atoms with E-state index in [4.69, 9.17) is 24.8 Å². The number of carboxylic acid groups (broad SMARTS) is 1. The minimum Gasteiger partial charge on any atom is -0.480 e. The third-order valence-electron chi connectivity index (χ3n) is 9.95. The maximum absolute atomic E-state index is 12.6. The molecule has 12 heteroatoms. The van der Waals surface area contributed by atoms with Gasteiger partial charge in [0.25, 0.3) is 0 Å². The Labute approximate surface area is 347 Å². The lowest BCUT2D eigenvalue weighted by atomic mass is 10.0. The number of aliphatic carboxylic acids is 1. The Morgan fingerprint density at radius 3 is 1.40 bits per heavy atom. The number of carbonyl (C=O) groups is 3. The predicted octanol–water partition coefficient (Wildman–Crippen LogP) is 12.2. The van der Waals surface area contributed by atoms with Gasteiger partial charge in [0.1, 0.15) is 12.6 Å². The third kappa shape index (κ3) is 40.5. The molecule has 0 aliphatic heterocycles. The summed E-state index contributed by atoms with van der Waals surface area (Å²) in [6.07, 6.45) is 42.3. The summed E-state index contributed by atoms with van der Waals surface area (Å²) in [5, 5.41) is 8.89. The van der Waals surface area contributed by atoms with Gasteiger partial charge in [0.15, 0.2) is 6.10 Å². The molecule has 0 aliphatic carbocycles. The van der Waals surface area contributed by atoms with Crippen molar-refractivity contribution in [1.29, 1.82) is 0 Å². The van der Waals surface area contributed by atoms with E-state index < -0.39 is 51.1 Å². The summed E-state index contributed by atoms with van der Waals surface area (Å²) >= 11 is 0. The summed E-state index contributed by atoms with van der Waals surface area (Å²) in [6.45, 7) is 2.79. The second-order valence-corrected chi connectivity index (χ2v) is 17.0. The Bertz CT molecular complexity index is 1070. The molecule has 57 heavy (non-hydrogen) atoms. The molecule has 0 spiro atoms. The fraction of sp³-hybridized carbons (Fsp3) is 0.844. The average molecular weight is 830 g/mol. The highest BCUT2D eigenvalue weighted by Crippen LogP contribution is 2.43. The molecular weight excluding hydrogens is 745 g/mol. The highest BCUT2D eigenvalue weighted by atomic mass is 31.2. The van der Waals surface area contributed by atoms with Gasteiger partial charge in [-0.15, -0.1) is 0 Å². The smallest absolute Gasteiger partial charge is 0.472 e. The van der Waals surface area contributed by atoms with Gasteiger partial charge in [-0.05, 0) is 44.9 Å². The first kappa shape index (κ1) is 55.0. The quantitative estimate of drug-likeness (QED) is 0.0231. The van der Waals surface area contributed by atoms with Crippen molar-refractivity contribution < 1.29 is 47.5 Å². The van der Waals surface area contributed by atoms with Crippen molar-refractivity contribution in [3.63, 3.8) is 0 Å². The van der Waals surface area contributed by atoms with Crippen LogP contribution in [0.5, 0.6) is 0 Å². The maximum atomic E-state index is 12.6. The number of phosphoric acid groups is 1. The molecule has 0 saturated heterocycles. The number of phosphoric ester groups is 1. The van der Waals surface area contributed by atoms with Crippen LogP contribution in [0.15, 0.2) is 24.3 Å². The van der Waals surface area contributed by atoms with Gasteiger partial charge in [-0.25, -0.2) is 4.57 Å². The Kier molecular flexibility index (Phi) is 39.3. The molecule has 1 unspecified atom stereocenters. The van der Waals surface area contributed by atoms with Crippen LogP contribution in [-0.4, -0.2) is 59.9 Å². The van der Waals surface area contributed by atoms with Gasteiger partial charge in [-0.2, -0.15) is 0 Å². The van der Waals surface area contributed by atoms with Gasteiger partial charge >= 0.3 is 25.7 Å². The van der Waals surface area contributed by atoms with Crippen LogP contribution in [0.2, 0.25) is 0 Å². The van der Waals surface area contributed by atoms with Crippen LogP contribution >= 0.6 is 7.82 Å². The fourth-order valence-corrected chi connectivity index (χ4v) is 7.11. The molecule has 0 aliphatic rings. The molecule has 0 aromatic carbocycles. The largest absolute Gasteiger partial charge is 0.480 e. The number of nitrogens with two attached hydrogens (primary N) is 1. The molecule has 0 aromatic heterocycles. The van der Waals surface area contributed by atoms with Crippen LogP contribution in [0.4, 0.5) is 0 Å². The van der Waals surface area contributed by atoms with Crippen LogP contribution in [0.25, 0.3) is 0 Å². The molecule has 0 aromatic rings. The van der Waals surface area contributed by atoms with Crippen LogP contribution in [0, 0.1) is 0 Å². The van der Waals surface area contributed by atoms with E-state index in [9.17, 15) is 23.8 Å². The minimum absolute atomic E-state index is 0.165. The number of hydrogen-bond donors (Lipinski definition) is 3. The topological polar surface area (TPSA) is 172 Å².